The van der Waals surface area contributed by atoms with Gasteiger partial charge in [-0.25, -0.2) is 0 Å². The normalized spacial score (nSPS) is 8.83. The lowest BCUT2D eigenvalue weighted by molar-refractivity contribution is 0.0998. The van der Waals surface area contributed by atoms with Crippen molar-refractivity contribution in [1.82, 2.24) is 0 Å². The van der Waals surface area contributed by atoms with E-state index in [1.165, 1.54) is 11.3 Å². The maximum Gasteiger partial charge on any atom is 0.175 e. The van der Waals surface area contributed by atoms with Crippen molar-refractivity contribution in [2.45, 2.75) is 13.3 Å². The van der Waals surface area contributed by atoms with Crippen molar-refractivity contribution in [2.75, 3.05) is 0 Å². The van der Waals surface area contributed by atoms with E-state index in [9.17, 15) is 4.79 Å². The van der Waals surface area contributed by atoms with Crippen molar-refractivity contribution < 1.29 is 4.79 Å². The van der Waals surface area contributed by atoms with Crippen LogP contribution in [-0.2, 0) is 0 Å². The Labute approximate surface area is 83.9 Å². The predicted molar refractivity (Wildman–Crippen MR) is 54.4 cm³/mol. The van der Waals surface area contributed by atoms with Crippen LogP contribution in [0.3, 0.4) is 0 Å². The maximum atomic E-state index is 11.3. The standard InChI is InChI=1S/C9H7BrOS/c1-2-3-4-8(11)7-5-9(10)12-6-7/h5-6H,4H2,1H3. The molecular weight excluding hydrogens is 236 g/mol. The molecule has 0 aliphatic heterocycles. The molecule has 0 aliphatic rings. The molecule has 0 aliphatic carbocycles. The highest BCUT2D eigenvalue weighted by Gasteiger charge is 2.05. The van der Waals surface area contributed by atoms with E-state index in [0.29, 0.717) is 6.42 Å². The van der Waals surface area contributed by atoms with Crippen molar-refractivity contribution in [1.29, 1.82) is 0 Å². The minimum Gasteiger partial charge on any atom is -0.293 e. The van der Waals surface area contributed by atoms with Gasteiger partial charge in [-0.05, 0) is 28.9 Å². The highest BCUT2D eigenvalue weighted by Crippen LogP contribution is 2.21. The lowest BCUT2D eigenvalue weighted by Crippen LogP contribution is -1.93. The fourth-order valence-corrected chi connectivity index (χ4v) is 1.89. The highest BCUT2D eigenvalue weighted by atomic mass is 79.9. The van der Waals surface area contributed by atoms with E-state index >= 15 is 0 Å². The molecule has 12 heavy (non-hydrogen) atoms. The summed E-state index contributed by atoms with van der Waals surface area (Å²) in [5.74, 6) is 5.53. The van der Waals surface area contributed by atoms with Crippen molar-refractivity contribution in [2.24, 2.45) is 0 Å². The Hall–Kier alpha value is -0.590. The first-order valence-corrected chi connectivity index (χ1v) is 5.08. The zero-order valence-electron chi connectivity index (χ0n) is 6.56. The van der Waals surface area contributed by atoms with E-state index in [1.807, 2.05) is 11.4 Å². The monoisotopic (exact) mass is 242 g/mol. The van der Waals surface area contributed by atoms with Gasteiger partial charge in [0.2, 0.25) is 0 Å². The van der Waals surface area contributed by atoms with Gasteiger partial charge in [0.1, 0.15) is 0 Å². The lowest BCUT2D eigenvalue weighted by atomic mass is 10.2. The van der Waals surface area contributed by atoms with Crippen LogP contribution in [-0.4, -0.2) is 5.78 Å². The molecule has 3 heteroatoms. The Bertz CT molecular complexity index is 343. The molecule has 1 nitrogen and oxygen atoms in total. The Morgan fingerprint density at radius 1 is 1.75 bits per heavy atom. The first-order chi connectivity index (χ1) is 5.74. The molecule has 62 valence electrons. The molecule has 1 heterocycles. The molecule has 0 fully saturated rings. The van der Waals surface area contributed by atoms with Crippen LogP contribution in [0.15, 0.2) is 15.2 Å². The summed E-state index contributed by atoms with van der Waals surface area (Å²) in [6, 6.07) is 1.82. The summed E-state index contributed by atoms with van der Waals surface area (Å²) in [6.45, 7) is 1.73. The van der Waals surface area contributed by atoms with E-state index in [2.05, 4.69) is 27.8 Å². The van der Waals surface area contributed by atoms with Gasteiger partial charge in [0, 0.05) is 10.9 Å². The third-order valence-electron chi connectivity index (χ3n) is 1.32. The van der Waals surface area contributed by atoms with Crippen molar-refractivity contribution >= 4 is 33.0 Å². The Balaban J connectivity index is 2.69. The molecule has 1 aromatic rings. The van der Waals surface area contributed by atoms with Gasteiger partial charge in [0.25, 0.3) is 0 Å². The summed E-state index contributed by atoms with van der Waals surface area (Å²) in [5, 5.41) is 1.84. The van der Waals surface area contributed by atoms with Gasteiger partial charge in [-0.3, -0.25) is 4.79 Å². The molecular formula is C9H7BrOS. The Morgan fingerprint density at radius 2 is 2.50 bits per heavy atom. The van der Waals surface area contributed by atoms with E-state index in [0.717, 1.165) is 9.35 Å². The summed E-state index contributed by atoms with van der Waals surface area (Å²) in [5.41, 5.74) is 0.745. The van der Waals surface area contributed by atoms with Crippen LogP contribution in [0.2, 0.25) is 0 Å². The summed E-state index contributed by atoms with van der Waals surface area (Å²) >= 11 is 4.81. The van der Waals surface area contributed by atoms with Crippen LogP contribution >= 0.6 is 27.3 Å². The molecule has 1 aromatic heterocycles. The molecule has 0 N–H and O–H groups in total. The number of carbonyl (C=O) groups excluding carboxylic acids is 1. The molecule has 0 amide bonds. The first-order valence-electron chi connectivity index (χ1n) is 3.41. The van der Waals surface area contributed by atoms with Gasteiger partial charge in [0.05, 0.1) is 10.2 Å². The number of thiophene rings is 1. The van der Waals surface area contributed by atoms with E-state index in [-0.39, 0.29) is 5.78 Å². The topological polar surface area (TPSA) is 17.1 Å². The second kappa shape index (κ2) is 4.44. The zero-order valence-corrected chi connectivity index (χ0v) is 8.96. The second-order valence-corrected chi connectivity index (χ2v) is 4.46. The molecule has 0 saturated carbocycles. The van der Waals surface area contributed by atoms with Gasteiger partial charge in [0.15, 0.2) is 5.78 Å². The average Bonchev–Trinajstić information content (AvgIpc) is 2.47. The zero-order chi connectivity index (χ0) is 8.97. The fourth-order valence-electron chi connectivity index (χ4n) is 0.727. The number of hydrogen-bond acceptors (Lipinski definition) is 2. The van der Waals surface area contributed by atoms with Gasteiger partial charge < -0.3 is 0 Å². The van der Waals surface area contributed by atoms with E-state index in [1.54, 1.807) is 6.92 Å². The largest absolute Gasteiger partial charge is 0.293 e. The number of ketones is 1. The Morgan fingerprint density at radius 3 is 3.00 bits per heavy atom. The third kappa shape index (κ3) is 2.47. The molecule has 0 bridgehead atoms. The van der Waals surface area contributed by atoms with Gasteiger partial charge >= 0.3 is 0 Å². The summed E-state index contributed by atoms with van der Waals surface area (Å²) in [7, 11) is 0. The summed E-state index contributed by atoms with van der Waals surface area (Å²) in [6.07, 6.45) is 0.319. The van der Waals surface area contributed by atoms with Crippen LogP contribution in [0, 0.1) is 11.8 Å². The summed E-state index contributed by atoms with van der Waals surface area (Å²) in [4.78, 5) is 11.3. The smallest absolute Gasteiger partial charge is 0.175 e. The number of hydrogen-bond donors (Lipinski definition) is 0. The minimum absolute atomic E-state index is 0.0892. The summed E-state index contributed by atoms with van der Waals surface area (Å²) < 4.78 is 0.982. The van der Waals surface area contributed by atoms with Crippen LogP contribution in [0.4, 0.5) is 0 Å². The maximum absolute atomic E-state index is 11.3. The van der Waals surface area contributed by atoms with Gasteiger partial charge in [-0.15, -0.1) is 17.3 Å². The SMILES string of the molecule is CC#CCC(=O)c1csc(Br)c1. The molecule has 0 saturated heterocycles. The molecule has 0 radical (unpaired) electrons. The first kappa shape index (κ1) is 9.50. The van der Waals surface area contributed by atoms with Crippen molar-refractivity contribution in [3.05, 3.63) is 20.8 Å². The average molecular weight is 243 g/mol. The van der Waals surface area contributed by atoms with Crippen LogP contribution in [0.25, 0.3) is 0 Å². The molecule has 1 rings (SSSR count). The molecule has 0 unspecified atom stereocenters. The predicted octanol–water partition coefficient (Wildman–Crippen LogP) is 3.11. The molecule has 0 spiro atoms. The second-order valence-electron chi connectivity index (χ2n) is 2.17. The van der Waals surface area contributed by atoms with Crippen LogP contribution in [0.5, 0.6) is 0 Å². The number of halogens is 1. The fraction of sp³-hybridized carbons (Fsp3) is 0.222. The number of Topliss-reactive ketones (excluding diaryl/α,β-unsaturated/α-hetero) is 1. The van der Waals surface area contributed by atoms with E-state index in [4.69, 9.17) is 0 Å². The number of rotatable bonds is 2. The Kier molecular flexibility index (Phi) is 3.51. The molecule has 0 atom stereocenters. The third-order valence-corrected chi connectivity index (χ3v) is 2.82. The van der Waals surface area contributed by atoms with Crippen LogP contribution < -0.4 is 0 Å². The number of carbonyl (C=O) groups is 1. The van der Waals surface area contributed by atoms with Crippen LogP contribution in [0.1, 0.15) is 23.7 Å². The van der Waals surface area contributed by atoms with Gasteiger partial charge in [-0.1, -0.05) is 5.92 Å². The van der Waals surface area contributed by atoms with Gasteiger partial charge in [-0.2, -0.15) is 0 Å². The molecule has 0 aromatic carbocycles. The quantitative estimate of drug-likeness (QED) is 0.576. The highest BCUT2D eigenvalue weighted by molar-refractivity contribution is 9.11. The van der Waals surface area contributed by atoms with E-state index < -0.39 is 0 Å². The minimum atomic E-state index is 0.0892. The van der Waals surface area contributed by atoms with Crippen molar-refractivity contribution in [3.63, 3.8) is 0 Å². The van der Waals surface area contributed by atoms with Crippen molar-refractivity contribution in [3.8, 4) is 11.8 Å². The lowest BCUT2D eigenvalue weighted by Gasteiger charge is -1.87.